The molecule has 0 spiro atoms. The maximum Gasteiger partial charge on any atom is 0.257 e. The van der Waals surface area contributed by atoms with Crippen LogP contribution in [0.4, 0.5) is 10.1 Å². The number of fused-ring (bicyclic) bond motifs is 1. The molecule has 0 bridgehead atoms. The van der Waals surface area contributed by atoms with Gasteiger partial charge in [-0.2, -0.15) is 0 Å². The summed E-state index contributed by atoms with van der Waals surface area (Å²) in [6, 6.07) is 16.7. The Morgan fingerprint density at radius 3 is 2.61 bits per heavy atom. The molecular formula is C25H22ClFN4O2. The zero-order valence-corrected chi connectivity index (χ0v) is 18.9. The number of carbonyl (C=O) groups excluding carboxylic acids is 2. The molecule has 6 nitrogen and oxygen atoms in total. The van der Waals surface area contributed by atoms with Gasteiger partial charge in [0.25, 0.3) is 11.8 Å². The van der Waals surface area contributed by atoms with Gasteiger partial charge in [0.2, 0.25) is 0 Å². The molecule has 0 aliphatic rings. The summed E-state index contributed by atoms with van der Waals surface area (Å²) < 4.78 is 15.6. The van der Waals surface area contributed by atoms with E-state index < -0.39 is 5.82 Å². The Morgan fingerprint density at radius 1 is 1.06 bits per heavy atom. The number of hydrogen-bond donors (Lipinski definition) is 2. The van der Waals surface area contributed by atoms with Crippen molar-refractivity contribution in [1.29, 1.82) is 0 Å². The summed E-state index contributed by atoms with van der Waals surface area (Å²) >= 11 is 6.10. The highest BCUT2D eigenvalue weighted by Gasteiger charge is 2.13. The number of nitrogens with one attached hydrogen (secondary N) is 2. The van der Waals surface area contributed by atoms with Crippen LogP contribution in [0.5, 0.6) is 0 Å². The van der Waals surface area contributed by atoms with Crippen LogP contribution in [0.15, 0.2) is 60.7 Å². The smallest absolute Gasteiger partial charge is 0.257 e. The van der Waals surface area contributed by atoms with Gasteiger partial charge in [0.1, 0.15) is 11.6 Å². The Balaban J connectivity index is 1.43. The van der Waals surface area contributed by atoms with Crippen LogP contribution in [-0.2, 0) is 13.5 Å². The van der Waals surface area contributed by atoms with Crippen molar-refractivity contribution in [2.75, 3.05) is 11.9 Å². The third-order valence-corrected chi connectivity index (χ3v) is 5.75. The number of rotatable bonds is 6. The summed E-state index contributed by atoms with van der Waals surface area (Å²) in [6.45, 7) is 2.00. The molecular weight excluding hydrogens is 443 g/mol. The third kappa shape index (κ3) is 4.88. The number of hydrogen-bond acceptors (Lipinski definition) is 3. The van der Waals surface area contributed by atoms with Crippen LogP contribution < -0.4 is 10.6 Å². The van der Waals surface area contributed by atoms with Crippen molar-refractivity contribution in [3.05, 3.63) is 94.0 Å². The van der Waals surface area contributed by atoms with E-state index in [1.807, 2.05) is 17.7 Å². The lowest BCUT2D eigenvalue weighted by molar-refractivity contribution is 0.0952. The molecule has 2 N–H and O–H groups in total. The Kier molecular flexibility index (Phi) is 6.42. The number of halogens is 2. The first-order chi connectivity index (χ1) is 15.8. The summed E-state index contributed by atoms with van der Waals surface area (Å²) in [5.74, 6) is -0.269. The Morgan fingerprint density at radius 2 is 1.85 bits per heavy atom. The lowest BCUT2D eigenvalue weighted by atomic mass is 10.1. The maximum absolute atomic E-state index is 13.7. The highest BCUT2D eigenvalue weighted by Crippen LogP contribution is 2.22. The van der Waals surface area contributed by atoms with E-state index in [1.165, 1.54) is 6.07 Å². The predicted octanol–water partition coefficient (Wildman–Crippen LogP) is 4.90. The Labute approximate surface area is 195 Å². The van der Waals surface area contributed by atoms with Gasteiger partial charge in [-0.3, -0.25) is 9.59 Å². The van der Waals surface area contributed by atoms with Gasteiger partial charge in [0, 0.05) is 31.3 Å². The molecule has 33 heavy (non-hydrogen) atoms. The average Bonchev–Trinajstić information content (AvgIpc) is 3.10. The Bertz CT molecular complexity index is 1370. The first-order valence-electron chi connectivity index (χ1n) is 10.4. The monoisotopic (exact) mass is 464 g/mol. The van der Waals surface area contributed by atoms with E-state index in [1.54, 1.807) is 55.5 Å². The predicted molar refractivity (Wildman–Crippen MR) is 127 cm³/mol. The second kappa shape index (κ2) is 9.42. The van der Waals surface area contributed by atoms with Gasteiger partial charge in [-0.15, -0.1) is 0 Å². The Hall–Kier alpha value is -3.71. The molecule has 0 radical (unpaired) electrons. The quantitative estimate of drug-likeness (QED) is 0.426. The molecule has 0 unspecified atom stereocenters. The normalized spacial score (nSPS) is 10.9. The second-order valence-corrected chi connectivity index (χ2v) is 8.10. The SMILES string of the molecule is Cc1ccc(C(=O)NCCc2nc3cc(NC(=O)c4ccccc4Cl)ccc3n2C)cc1F. The van der Waals surface area contributed by atoms with Crippen LogP contribution in [0.2, 0.25) is 5.02 Å². The fourth-order valence-corrected chi connectivity index (χ4v) is 3.74. The maximum atomic E-state index is 13.7. The summed E-state index contributed by atoms with van der Waals surface area (Å²) in [5.41, 5.74) is 3.39. The van der Waals surface area contributed by atoms with Gasteiger partial charge >= 0.3 is 0 Å². The molecule has 4 rings (SSSR count). The van der Waals surface area contributed by atoms with Gasteiger partial charge in [-0.25, -0.2) is 9.37 Å². The number of benzene rings is 3. The van der Waals surface area contributed by atoms with E-state index in [4.69, 9.17) is 11.6 Å². The zero-order chi connectivity index (χ0) is 23.5. The lowest BCUT2D eigenvalue weighted by Crippen LogP contribution is -2.26. The van der Waals surface area contributed by atoms with Crippen molar-refractivity contribution in [3.8, 4) is 0 Å². The van der Waals surface area contributed by atoms with E-state index in [-0.39, 0.29) is 17.4 Å². The van der Waals surface area contributed by atoms with Crippen molar-refractivity contribution in [1.82, 2.24) is 14.9 Å². The van der Waals surface area contributed by atoms with Gasteiger partial charge < -0.3 is 15.2 Å². The molecule has 0 saturated carbocycles. The van der Waals surface area contributed by atoms with E-state index >= 15 is 0 Å². The van der Waals surface area contributed by atoms with Crippen LogP contribution in [0, 0.1) is 12.7 Å². The number of anilines is 1. The van der Waals surface area contributed by atoms with E-state index in [0.29, 0.717) is 34.8 Å². The van der Waals surface area contributed by atoms with Gasteiger partial charge in [0.05, 0.1) is 21.6 Å². The van der Waals surface area contributed by atoms with Crippen molar-refractivity contribution in [2.45, 2.75) is 13.3 Å². The average molecular weight is 465 g/mol. The molecule has 1 heterocycles. The molecule has 0 aliphatic heterocycles. The van der Waals surface area contributed by atoms with Crippen LogP contribution in [0.1, 0.15) is 32.1 Å². The fraction of sp³-hybridized carbons (Fsp3) is 0.160. The largest absolute Gasteiger partial charge is 0.352 e. The number of nitrogens with zero attached hydrogens (tertiary/aromatic N) is 2. The molecule has 0 atom stereocenters. The lowest BCUT2D eigenvalue weighted by Gasteiger charge is -2.07. The number of aryl methyl sites for hydroxylation is 2. The van der Waals surface area contributed by atoms with Crippen LogP contribution in [-0.4, -0.2) is 27.9 Å². The highest BCUT2D eigenvalue weighted by molar-refractivity contribution is 6.34. The topological polar surface area (TPSA) is 76.0 Å². The summed E-state index contributed by atoms with van der Waals surface area (Å²) in [5, 5.41) is 6.02. The third-order valence-electron chi connectivity index (χ3n) is 5.42. The molecule has 168 valence electrons. The number of imidazole rings is 1. The number of carbonyl (C=O) groups is 2. The minimum atomic E-state index is -0.407. The molecule has 3 aromatic carbocycles. The molecule has 4 aromatic rings. The van der Waals surface area contributed by atoms with Crippen molar-refractivity contribution in [2.24, 2.45) is 7.05 Å². The first-order valence-corrected chi connectivity index (χ1v) is 10.8. The standard InChI is InChI=1S/C25H22ClFN4O2/c1-15-7-8-16(13-20(15)27)24(32)28-12-11-23-30-21-14-17(9-10-22(21)31(23)2)29-25(33)18-5-3-4-6-19(18)26/h3-10,13-14H,11-12H2,1-2H3,(H,28,32)(H,29,33). The zero-order valence-electron chi connectivity index (χ0n) is 18.2. The number of amides is 2. The minimum absolute atomic E-state index is 0.280. The number of aromatic nitrogens is 2. The minimum Gasteiger partial charge on any atom is -0.352 e. The summed E-state index contributed by atoms with van der Waals surface area (Å²) in [7, 11) is 1.89. The molecule has 0 fully saturated rings. The molecule has 0 aliphatic carbocycles. The van der Waals surface area contributed by atoms with Gasteiger partial charge in [-0.05, 0) is 55.0 Å². The van der Waals surface area contributed by atoms with E-state index in [2.05, 4.69) is 15.6 Å². The highest BCUT2D eigenvalue weighted by atomic mass is 35.5. The molecule has 2 amide bonds. The molecule has 1 aromatic heterocycles. The van der Waals surface area contributed by atoms with Crippen LogP contribution in [0.3, 0.4) is 0 Å². The first kappa shape index (κ1) is 22.5. The van der Waals surface area contributed by atoms with Crippen molar-refractivity contribution < 1.29 is 14.0 Å². The second-order valence-electron chi connectivity index (χ2n) is 7.69. The van der Waals surface area contributed by atoms with Gasteiger partial charge in [0.15, 0.2) is 0 Å². The summed E-state index contributed by atoms with van der Waals surface area (Å²) in [4.78, 5) is 29.4. The van der Waals surface area contributed by atoms with Gasteiger partial charge in [-0.1, -0.05) is 29.8 Å². The molecule has 0 saturated heterocycles. The fourth-order valence-electron chi connectivity index (χ4n) is 3.52. The van der Waals surface area contributed by atoms with Crippen LogP contribution >= 0.6 is 11.6 Å². The molecule has 8 heteroatoms. The summed E-state index contributed by atoms with van der Waals surface area (Å²) in [6.07, 6.45) is 0.493. The van der Waals surface area contributed by atoms with Crippen molar-refractivity contribution in [3.63, 3.8) is 0 Å². The van der Waals surface area contributed by atoms with E-state index in [0.717, 1.165) is 16.9 Å². The van der Waals surface area contributed by atoms with Crippen molar-refractivity contribution >= 4 is 40.1 Å². The van der Waals surface area contributed by atoms with E-state index in [9.17, 15) is 14.0 Å². The van der Waals surface area contributed by atoms with Crippen LogP contribution in [0.25, 0.3) is 11.0 Å².